The molecule has 1 N–H and O–H groups in total. The number of rotatable bonds is 3. The van der Waals surface area contributed by atoms with Crippen molar-refractivity contribution in [1.82, 2.24) is 5.32 Å². The molecule has 88 valence electrons. The van der Waals surface area contributed by atoms with Crippen LogP contribution >= 0.6 is 11.8 Å². The van der Waals surface area contributed by atoms with Gasteiger partial charge in [0.25, 0.3) is 0 Å². The van der Waals surface area contributed by atoms with Crippen molar-refractivity contribution in [1.29, 1.82) is 0 Å². The molecule has 0 aromatic carbocycles. The van der Waals surface area contributed by atoms with Crippen molar-refractivity contribution in [2.75, 3.05) is 6.26 Å². The summed E-state index contributed by atoms with van der Waals surface area (Å²) in [6.07, 6.45) is 15.2. The summed E-state index contributed by atoms with van der Waals surface area (Å²) >= 11 is 2.06. The van der Waals surface area contributed by atoms with E-state index in [9.17, 15) is 0 Å². The van der Waals surface area contributed by atoms with Crippen LogP contribution in [-0.2, 0) is 0 Å². The van der Waals surface area contributed by atoms with Crippen molar-refractivity contribution in [2.45, 2.75) is 75.1 Å². The van der Waals surface area contributed by atoms with E-state index in [0.717, 1.165) is 17.3 Å². The van der Waals surface area contributed by atoms with E-state index in [4.69, 9.17) is 0 Å². The van der Waals surface area contributed by atoms with Crippen LogP contribution in [0.1, 0.15) is 57.8 Å². The third-order valence-electron chi connectivity index (χ3n) is 4.04. The maximum absolute atomic E-state index is 3.91. The summed E-state index contributed by atoms with van der Waals surface area (Å²) in [4.78, 5) is 0. The molecule has 0 bridgehead atoms. The highest BCUT2D eigenvalue weighted by atomic mass is 32.2. The Morgan fingerprint density at radius 1 is 0.867 bits per heavy atom. The maximum Gasteiger partial charge on any atom is 0.00805 e. The van der Waals surface area contributed by atoms with Crippen molar-refractivity contribution < 1.29 is 0 Å². The molecule has 0 aliphatic heterocycles. The summed E-state index contributed by atoms with van der Waals surface area (Å²) in [7, 11) is 0. The first-order valence-corrected chi connectivity index (χ1v) is 7.96. The second-order valence-electron chi connectivity index (χ2n) is 5.22. The second kappa shape index (κ2) is 6.15. The SMILES string of the molecule is CSC1CCC(NC2CCCCCC2)C1. The molecule has 2 rings (SSSR count). The second-order valence-corrected chi connectivity index (χ2v) is 6.36. The molecule has 2 aliphatic carbocycles. The molecule has 0 saturated heterocycles. The Labute approximate surface area is 98.8 Å². The zero-order valence-corrected chi connectivity index (χ0v) is 10.8. The van der Waals surface area contributed by atoms with E-state index in [-0.39, 0.29) is 0 Å². The quantitative estimate of drug-likeness (QED) is 0.740. The Morgan fingerprint density at radius 3 is 2.20 bits per heavy atom. The van der Waals surface area contributed by atoms with Crippen LogP contribution in [0.15, 0.2) is 0 Å². The predicted molar refractivity (Wildman–Crippen MR) is 69.6 cm³/mol. The summed E-state index contributed by atoms with van der Waals surface area (Å²) in [6.45, 7) is 0. The van der Waals surface area contributed by atoms with Gasteiger partial charge in [-0.15, -0.1) is 0 Å². The van der Waals surface area contributed by atoms with Crippen molar-refractivity contribution in [2.24, 2.45) is 0 Å². The molecule has 2 unspecified atom stereocenters. The molecule has 0 spiro atoms. The number of thioether (sulfide) groups is 1. The van der Waals surface area contributed by atoms with Crippen molar-refractivity contribution in [3.05, 3.63) is 0 Å². The fourth-order valence-electron chi connectivity index (χ4n) is 3.08. The normalized spacial score (nSPS) is 34.2. The third-order valence-corrected chi connectivity index (χ3v) is 5.14. The number of nitrogens with one attached hydrogen (secondary N) is 1. The van der Waals surface area contributed by atoms with E-state index in [2.05, 4.69) is 23.3 Å². The molecular weight excluding hydrogens is 202 g/mol. The number of hydrogen-bond acceptors (Lipinski definition) is 2. The highest BCUT2D eigenvalue weighted by Crippen LogP contribution is 2.29. The molecule has 0 heterocycles. The van der Waals surface area contributed by atoms with Gasteiger partial charge in [0.05, 0.1) is 0 Å². The lowest BCUT2D eigenvalue weighted by Crippen LogP contribution is -2.36. The molecular formula is C13H25NS. The first kappa shape index (κ1) is 11.8. The Morgan fingerprint density at radius 2 is 1.60 bits per heavy atom. The van der Waals surface area contributed by atoms with E-state index in [0.29, 0.717) is 0 Å². The van der Waals surface area contributed by atoms with Gasteiger partial charge in [0, 0.05) is 17.3 Å². The minimum Gasteiger partial charge on any atom is -0.311 e. The first-order chi connectivity index (χ1) is 7.38. The van der Waals surface area contributed by atoms with E-state index >= 15 is 0 Å². The molecule has 0 amide bonds. The van der Waals surface area contributed by atoms with Gasteiger partial charge in [-0.3, -0.25) is 0 Å². The van der Waals surface area contributed by atoms with E-state index in [1.54, 1.807) is 0 Å². The van der Waals surface area contributed by atoms with Crippen molar-refractivity contribution in [3.8, 4) is 0 Å². The molecule has 2 saturated carbocycles. The minimum atomic E-state index is 0.838. The lowest BCUT2D eigenvalue weighted by molar-refractivity contribution is 0.396. The maximum atomic E-state index is 3.91. The first-order valence-electron chi connectivity index (χ1n) is 6.67. The van der Waals surface area contributed by atoms with Crippen LogP contribution in [0.5, 0.6) is 0 Å². The van der Waals surface area contributed by atoms with Gasteiger partial charge >= 0.3 is 0 Å². The highest BCUT2D eigenvalue weighted by Gasteiger charge is 2.25. The van der Waals surface area contributed by atoms with Gasteiger partial charge in [-0.05, 0) is 38.4 Å². The van der Waals surface area contributed by atoms with Crippen LogP contribution in [0.2, 0.25) is 0 Å². The zero-order valence-electron chi connectivity index (χ0n) is 10.0. The van der Waals surface area contributed by atoms with Crippen molar-refractivity contribution in [3.63, 3.8) is 0 Å². The molecule has 2 atom stereocenters. The summed E-state index contributed by atoms with van der Waals surface area (Å²) in [5.41, 5.74) is 0. The highest BCUT2D eigenvalue weighted by molar-refractivity contribution is 7.99. The third kappa shape index (κ3) is 3.67. The summed E-state index contributed by atoms with van der Waals surface area (Å²) < 4.78 is 0. The molecule has 0 aromatic rings. The van der Waals surface area contributed by atoms with E-state index in [1.807, 2.05) is 0 Å². The van der Waals surface area contributed by atoms with Crippen LogP contribution in [-0.4, -0.2) is 23.6 Å². The Balaban J connectivity index is 1.71. The number of hydrogen-bond donors (Lipinski definition) is 1. The minimum absolute atomic E-state index is 0.838. The average molecular weight is 227 g/mol. The van der Waals surface area contributed by atoms with Gasteiger partial charge in [-0.1, -0.05) is 25.7 Å². The molecule has 0 aromatic heterocycles. The smallest absolute Gasteiger partial charge is 0.00805 e. The van der Waals surface area contributed by atoms with Crippen LogP contribution in [0.4, 0.5) is 0 Å². The van der Waals surface area contributed by atoms with Crippen molar-refractivity contribution >= 4 is 11.8 Å². The summed E-state index contributed by atoms with van der Waals surface area (Å²) in [5.74, 6) is 0. The van der Waals surface area contributed by atoms with Crippen LogP contribution in [0, 0.1) is 0 Å². The van der Waals surface area contributed by atoms with Gasteiger partial charge in [0.2, 0.25) is 0 Å². The topological polar surface area (TPSA) is 12.0 Å². The Kier molecular flexibility index (Phi) is 4.83. The zero-order chi connectivity index (χ0) is 10.5. The van der Waals surface area contributed by atoms with E-state index in [1.165, 1.54) is 57.8 Å². The Bertz CT molecular complexity index is 175. The predicted octanol–water partition coefficient (Wildman–Crippen LogP) is 3.58. The molecule has 2 heteroatoms. The lowest BCUT2D eigenvalue weighted by Gasteiger charge is -2.21. The van der Waals surface area contributed by atoms with Crippen LogP contribution < -0.4 is 5.32 Å². The fraction of sp³-hybridized carbons (Fsp3) is 1.00. The largest absolute Gasteiger partial charge is 0.311 e. The van der Waals surface area contributed by atoms with Crippen LogP contribution in [0.25, 0.3) is 0 Å². The van der Waals surface area contributed by atoms with Gasteiger partial charge < -0.3 is 5.32 Å². The average Bonchev–Trinajstić information content (AvgIpc) is 2.54. The lowest BCUT2D eigenvalue weighted by atomic mass is 10.1. The van der Waals surface area contributed by atoms with Gasteiger partial charge in [0.15, 0.2) is 0 Å². The van der Waals surface area contributed by atoms with Gasteiger partial charge in [0.1, 0.15) is 0 Å². The van der Waals surface area contributed by atoms with E-state index < -0.39 is 0 Å². The summed E-state index contributed by atoms with van der Waals surface area (Å²) in [5, 5.41) is 4.85. The van der Waals surface area contributed by atoms with Gasteiger partial charge in [-0.2, -0.15) is 11.8 Å². The van der Waals surface area contributed by atoms with Crippen LogP contribution in [0.3, 0.4) is 0 Å². The Hall–Kier alpha value is 0.310. The fourth-order valence-corrected chi connectivity index (χ4v) is 3.88. The standard InChI is InChI=1S/C13H25NS/c1-15-13-9-8-12(10-13)14-11-6-4-2-3-5-7-11/h11-14H,2-10H2,1H3. The monoisotopic (exact) mass is 227 g/mol. The summed E-state index contributed by atoms with van der Waals surface area (Å²) in [6, 6.07) is 1.68. The molecule has 0 radical (unpaired) electrons. The molecule has 15 heavy (non-hydrogen) atoms. The molecule has 1 nitrogen and oxygen atoms in total. The molecule has 2 aliphatic rings. The molecule has 2 fully saturated rings. The van der Waals surface area contributed by atoms with Gasteiger partial charge in [-0.25, -0.2) is 0 Å².